The van der Waals surface area contributed by atoms with Gasteiger partial charge in [-0.05, 0) is 12.8 Å². The standard InChI is InChI=1S/C8H15ClO2/c1-3-5-6-8(9,4-2)7(10)11/h3-6H2,1-2H3,(H,10,11)/p-1. The van der Waals surface area contributed by atoms with Crippen LogP contribution in [0.25, 0.3) is 0 Å². The number of hydrogen-bond donors (Lipinski definition) is 0. The van der Waals surface area contributed by atoms with Crippen molar-refractivity contribution >= 4 is 17.6 Å². The Bertz CT molecular complexity index is 136. The van der Waals surface area contributed by atoms with Crippen LogP contribution in [0.4, 0.5) is 0 Å². The van der Waals surface area contributed by atoms with Gasteiger partial charge in [0.1, 0.15) is 0 Å². The number of unbranched alkanes of at least 4 members (excludes halogenated alkanes) is 1. The Balaban J connectivity index is 3.99. The minimum Gasteiger partial charge on any atom is -0.548 e. The monoisotopic (exact) mass is 177 g/mol. The molecule has 0 heterocycles. The van der Waals surface area contributed by atoms with Crippen LogP contribution in [0, 0.1) is 0 Å². The van der Waals surface area contributed by atoms with Crippen LogP contribution in [0.3, 0.4) is 0 Å². The van der Waals surface area contributed by atoms with E-state index in [2.05, 4.69) is 0 Å². The summed E-state index contributed by atoms with van der Waals surface area (Å²) in [5.41, 5.74) is 0. The molecule has 0 amide bonds. The van der Waals surface area contributed by atoms with Gasteiger partial charge in [-0.25, -0.2) is 0 Å². The van der Waals surface area contributed by atoms with Crippen molar-refractivity contribution in [2.75, 3.05) is 0 Å². The lowest BCUT2D eigenvalue weighted by Gasteiger charge is -2.26. The molecule has 66 valence electrons. The normalized spacial score (nSPS) is 15.9. The summed E-state index contributed by atoms with van der Waals surface area (Å²) in [6, 6.07) is 0. The average Bonchev–Trinajstić information content (AvgIpc) is 2.00. The van der Waals surface area contributed by atoms with Crippen molar-refractivity contribution in [3.63, 3.8) is 0 Å². The predicted molar refractivity (Wildman–Crippen MR) is 43.4 cm³/mol. The highest BCUT2D eigenvalue weighted by Gasteiger charge is 2.25. The zero-order valence-corrected chi connectivity index (χ0v) is 7.78. The Labute approximate surface area is 72.6 Å². The first-order valence-electron chi connectivity index (χ1n) is 3.97. The second-order valence-electron chi connectivity index (χ2n) is 2.71. The molecule has 1 unspecified atom stereocenters. The molecule has 0 saturated carbocycles. The molecular weight excluding hydrogens is 164 g/mol. The summed E-state index contributed by atoms with van der Waals surface area (Å²) in [6.45, 7) is 3.76. The molecule has 0 N–H and O–H groups in total. The number of carbonyl (C=O) groups is 1. The van der Waals surface area contributed by atoms with Crippen LogP contribution >= 0.6 is 11.6 Å². The Morgan fingerprint density at radius 2 is 2.09 bits per heavy atom. The summed E-state index contributed by atoms with van der Waals surface area (Å²) in [4.78, 5) is 9.39. The van der Waals surface area contributed by atoms with Gasteiger partial charge in [0.05, 0.1) is 10.8 Å². The van der Waals surface area contributed by atoms with E-state index in [4.69, 9.17) is 11.6 Å². The van der Waals surface area contributed by atoms with Gasteiger partial charge in [0.2, 0.25) is 0 Å². The van der Waals surface area contributed by atoms with Crippen LogP contribution < -0.4 is 5.11 Å². The van der Waals surface area contributed by atoms with E-state index >= 15 is 0 Å². The first-order chi connectivity index (χ1) is 5.06. The highest BCUT2D eigenvalue weighted by atomic mass is 35.5. The molecule has 0 saturated heterocycles. The van der Waals surface area contributed by atoms with Gasteiger partial charge in [-0.1, -0.05) is 26.7 Å². The number of carboxylic acids is 1. The SMILES string of the molecule is CCCCC(Cl)(CC)C(=O)[O-]. The topological polar surface area (TPSA) is 40.1 Å². The third-order valence-electron chi connectivity index (χ3n) is 1.85. The number of rotatable bonds is 5. The van der Waals surface area contributed by atoms with Crippen LogP contribution in [0.2, 0.25) is 0 Å². The minimum absolute atomic E-state index is 0.427. The zero-order chi connectivity index (χ0) is 8.91. The van der Waals surface area contributed by atoms with Crippen LogP contribution in [0.1, 0.15) is 39.5 Å². The summed E-state index contributed by atoms with van der Waals surface area (Å²) < 4.78 is 0. The second kappa shape index (κ2) is 4.60. The van der Waals surface area contributed by atoms with E-state index in [-0.39, 0.29) is 0 Å². The fraction of sp³-hybridized carbons (Fsp3) is 0.875. The van der Waals surface area contributed by atoms with E-state index in [0.29, 0.717) is 12.8 Å². The van der Waals surface area contributed by atoms with Crippen molar-refractivity contribution in [3.05, 3.63) is 0 Å². The molecule has 0 aromatic carbocycles. The maximum Gasteiger partial charge on any atom is 0.0836 e. The van der Waals surface area contributed by atoms with Gasteiger partial charge in [-0.3, -0.25) is 0 Å². The summed E-state index contributed by atoms with van der Waals surface area (Å²) in [6.07, 6.45) is 2.73. The molecule has 0 aromatic rings. The van der Waals surface area contributed by atoms with Crippen molar-refractivity contribution in [3.8, 4) is 0 Å². The lowest BCUT2D eigenvalue weighted by Crippen LogP contribution is -2.43. The number of carboxylic acid groups (broad SMARTS) is 1. The van der Waals surface area contributed by atoms with Gasteiger partial charge < -0.3 is 9.90 Å². The second-order valence-corrected chi connectivity index (χ2v) is 3.43. The van der Waals surface area contributed by atoms with Crippen molar-refractivity contribution in [1.82, 2.24) is 0 Å². The van der Waals surface area contributed by atoms with Gasteiger partial charge >= 0.3 is 0 Å². The lowest BCUT2D eigenvalue weighted by atomic mass is 9.99. The molecule has 3 heteroatoms. The van der Waals surface area contributed by atoms with Crippen LogP contribution in [0.15, 0.2) is 0 Å². The highest BCUT2D eigenvalue weighted by molar-refractivity contribution is 6.33. The van der Waals surface area contributed by atoms with Crippen molar-refractivity contribution in [2.45, 2.75) is 44.4 Å². The molecule has 1 atom stereocenters. The third kappa shape index (κ3) is 3.10. The predicted octanol–water partition coefficient (Wildman–Crippen LogP) is 1.31. The van der Waals surface area contributed by atoms with Crippen molar-refractivity contribution in [1.29, 1.82) is 0 Å². The number of alkyl halides is 1. The lowest BCUT2D eigenvalue weighted by molar-refractivity contribution is -0.309. The number of halogens is 1. The Morgan fingerprint density at radius 1 is 1.55 bits per heavy atom. The molecular formula is C8H14ClO2-. The number of carbonyl (C=O) groups excluding carboxylic acids is 1. The fourth-order valence-corrected chi connectivity index (χ4v) is 1.01. The molecule has 0 aliphatic heterocycles. The van der Waals surface area contributed by atoms with Crippen molar-refractivity contribution in [2.24, 2.45) is 0 Å². The van der Waals surface area contributed by atoms with Gasteiger partial charge in [0.15, 0.2) is 0 Å². The van der Waals surface area contributed by atoms with Crippen molar-refractivity contribution < 1.29 is 9.90 Å². The molecule has 11 heavy (non-hydrogen) atoms. The summed E-state index contributed by atoms with van der Waals surface area (Å²) in [5, 5.41) is 10.5. The quantitative estimate of drug-likeness (QED) is 0.595. The van der Waals surface area contributed by atoms with E-state index < -0.39 is 10.8 Å². The highest BCUT2D eigenvalue weighted by Crippen LogP contribution is 2.25. The third-order valence-corrected chi connectivity index (χ3v) is 2.46. The first kappa shape index (κ1) is 10.8. The molecule has 0 spiro atoms. The molecule has 0 aliphatic carbocycles. The maximum absolute atomic E-state index is 10.5. The molecule has 0 aliphatic rings. The van der Waals surface area contributed by atoms with Gasteiger partial charge in [-0.15, -0.1) is 11.6 Å². The number of aliphatic carboxylic acids is 1. The summed E-state index contributed by atoms with van der Waals surface area (Å²) >= 11 is 5.78. The van der Waals surface area contributed by atoms with Crippen LogP contribution in [-0.2, 0) is 4.79 Å². The first-order valence-corrected chi connectivity index (χ1v) is 4.35. The van der Waals surface area contributed by atoms with E-state index in [1.165, 1.54) is 0 Å². The van der Waals surface area contributed by atoms with Gasteiger partial charge in [-0.2, -0.15) is 0 Å². The van der Waals surface area contributed by atoms with E-state index in [1.807, 2.05) is 6.92 Å². The Hall–Kier alpha value is -0.240. The minimum atomic E-state index is -1.14. The molecule has 0 bridgehead atoms. The summed E-state index contributed by atoms with van der Waals surface area (Å²) in [5.74, 6) is -1.14. The maximum atomic E-state index is 10.5. The van der Waals surface area contributed by atoms with Crippen LogP contribution in [-0.4, -0.2) is 10.8 Å². The van der Waals surface area contributed by atoms with E-state index in [0.717, 1.165) is 12.8 Å². The molecule has 0 fully saturated rings. The summed E-state index contributed by atoms with van der Waals surface area (Å²) in [7, 11) is 0. The molecule has 2 nitrogen and oxygen atoms in total. The largest absolute Gasteiger partial charge is 0.548 e. The van der Waals surface area contributed by atoms with Crippen LogP contribution in [0.5, 0.6) is 0 Å². The van der Waals surface area contributed by atoms with E-state index in [9.17, 15) is 9.90 Å². The smallest absolute Gasteiger partial charge is 0.0836 e. The molecule has 0 aromatic heterocycles. The van der Waals surface area contributed by atoms with E-state index in [1.54, 1.807) is 6.92 Å². The average molecular weight is 178 g/mol. The van der Waals surface area contributed by atoms with Gasteiger partial charge in [0.25, 0.3) is 0 Å². The molecule has 0 radical (unpaired) electrons. The fourth-order valence-electron chi connectivity index (χ4n) is 0.880. The Kier molecular flexibility index (Phi) is 4.50. The zero-order valence-electron chi connectivity index (χ0n) is 7.02. The number of hydrogen-bond acceptors (Lipinski definition) is 2. The molecule has 0 rings (SSSR count). The van der Waals surface area contributed by atoms with Gasteiger partial charge in [0, 0.05) is 0 Å². The Morgan fingerprint density at radius 3 is 2.36 bits per heavy atom.